The van der Waals surface area contributed by atoms with E-state index < -0.39 is 12.0 Å². The topological polar surface area (TPSA) is 86.3 Å². The van der Waals surface area contributed by atoms with Gasteiger partial charge >= 0.3 is 5.97 Å². The van der Waals surface area contributed by atoms with Crippen LogP contribution in [0.2, 0.25) is 0 Å². The third kappa shape index (κ3) is 1.99. The number of benzene rings is 1. The van der Waals surface area contributed by atoms with Crippen molar-refractivity contribution in [1.29, 1.82) is 0 Å². The minimum absolute atomic E-state index is 0.323. The Labute approximate surface area is 121 Å². The second kappa shape index (κ2) is 4.73. The summed E-state index contributed by atoms with van der Waals surface area (Å²) in [6, 6.07) is 6.41. The number of nitrogens with one attached hydrogen (secondary N) is 1. The van der Waals surface area contributed by atoms with Crippen LogP contribution < -0.4 is 4.90 Å². The van der Waals surface area contributed by atoms with Crippen LogP contribution >= 0.6 is 0 Å². The molecule has 1 amide bonds. The highest BCUT2D eigenvalue weighted by Gasteiger charge is 2.39. The lowest BCUT2D eigenvalue weighted by atomic mass is 10.1. The van der Waals surface area contributed by atoms with E-state index >= 15 is 0 Å². The van der Waals surface area contributed by atoms with Gasteiger partial charge in [0, 0.05) is 17.8 Å². The van der Waals surface area contributed by atoms with Crippen molar-refractivity contribution in [3.05, 3.63) is 46.8 Å². The fraction of sp³-hybridized carbons (Fsp3) is 0.267. The molecule has 1 unspecified atom stereocenters. The third-order valence-corrected chi connectivity index (χ3v) is 3.82. The maximum Gasteiger partial charge on any atom is 0.327 e. The molecule has 0 saturated heterocycles. The first-order chi connectivity index (χ1) is 10.0. The highest BCUT2D eigenvalue weighted by atomic mass is 16.4. The molecule has 1 aliphatic rings. The fourth-order valence-corrected chi connectivity index (χ4v) is 2.82. The first-order valence-corrected chi connectivity index (χ1v) is 6.66. The van der Waals surface area contributed by atoms with Gasteiger partial charge in [-0.2, -0.15) is 5.10 Å². The van der Waals surface area contributed by atoms with E-state index in [9.17, 15) is 14.7 Å². The molecular weight excluding hydrogens is 270 g/mol. The van der Waals surface area contributed by atoms with Gasteiger partial charge in [0.1, 0.15) is 6.04 Å². The van der Waals surface area contributed by atoms with E-state index in [2.05, 4.69) is 10.2 Å². The number of carbonyl (C=O) groups is 2. The monoisotopic (exact) mass is 285 g/mol. The van der Waals surface area contributed by atoms with E-state index in [4.69, 9.17) is 0 Å². The lowest BCUT2D eigenvalue weighted by Crippen LogP contribution is -2.43. The van der Waals surface area contributed by atoms with E-state index in [1.54, 1.807) is 26.0 Å². The molecule has 0 aliphatic carbocycles. The molecule has 0 spiro atoms. The number of nitrogens with zero attached hydrogens (tertiary/aromatic N) is 2. The number of H-pyrrole nitrogens is 1. The predicted octanol–water partition coefficient (Wildman–Crippen LogP) is 1.68. The summed E-state index contributed by atoms with van der Waals surface area (Å²) in [5.41, 5.74) is 3.20. The summed E-state index contributed by atoms with van der Waals surface area (Å²) in [6.45, 7) is 3.49. The fourth-order valence-electron chi connectivity index (χ4n) is 2.82. The van der Waals surface area contributed by atoms with Crippen LogP contribution in [-0.2, 0) is 11.2 Å². The molecular formula is C15H15N3O3. The summed E-state index contributed by atoms with van der Waals surface area (Å²) in [4.78, 5) is 25.7. The van der Waals surface area contributed by atoms with Crippen LogP contribution in [0, 0.1) is 13.8 Å². The van der Waals surface area contributed by atoms with Crippen LogP contribution in [0.3, 0.4) is 0 Å². The molecule has 108 valence electrons. The van der Waals surface area contributed by atoms with Gasteiger partial charge in [-0.05, 0) is 25.5 Å². The number of hydrogen-bond donors (Lipinski definition) is 2. The Morgan fingerprint density at radius 2 is 2.05 bits per heavy atom. The molecule has 0 bridgehead atoms. The number of carboxylic acid groups (broad SMARTS) is 1. The summed E-state index contributed by atoms with van der Waals surface area (Å²) < 4.78 is 0. The minimum Gasteiger partial charge on any atom is -0.480 e. The maximum atomic E-state index is 12.8. The molecule has 3 rings (SSSR count). The summed E-state index contributed by atoms with van der Waals surface area (Å²) in [5, 5.41) is 16.2. The van der Waals surface area contributed by atoms with Gasteiger partial charge in [-0.15, -0.1) is 0 Å². The Morgan fingerprint density at radius 1 is 1.33 bits per heavy atom. The third-order valence-electron chi connectivity index (χ3n) is 3.82. The van der Waals surface area contributed by atoms with E-state index in [1.807, 2.05) is 12.1 Å². The Balaban J connectivity index is 2.10. The van der Waals surface area contributed by atoms with Crippen LogP contribution in [0.15, 0.2) is 24.3 Å². The highest BCUT2D eigenvalue weighted by Crippen LogP contribution is 2.34. The van der Waals surface area contributed by atoms with E-state index in [1.165, 1.54) is 4.90 Å². The number of amides is 1. The van der Waals surface area contributed by atoms with Crippen molar-refractivity contribution in [2.24, 2.45) is 0 Å². The number of aryl methyl sites for hydroxylation is 2. The predicted molar refractivity (Wildman–Crippen MR) is 76.4 cm³/mol. The maximum absolute atomic E-state index is 12.8. The van der Waals surface area contributed by atoms with Gasteiger partial charge in [0.2, 0.25) is 0 Å². The smallest absolute Gasteiger partial charge is 0.327 e. The van der Waals surface area contributed by atoms with Crippen molar-refractivity contribution in [3.8, 4) is 0 Å². The molecule has 0 fully saturated rings. The number of fused-ring (bicyclic) bond motifs is 1. The molecule has 0 saturated carbocycles. The van der Waals surface area contributed by atoms with Crippen molar-refractivity contribution in [1.82, 2.24) is 10.2 Å². The Hall–Kier alpha value is -2.63. The van der Waals surface area contributed by atoms with Crippen molar-refractivity contribution in [3.63, 3.8) is 0 Å². The summed E-state index contributed by atoms with van der Waals surface area (Å²) >= 11 is 0. The van der Waals surface area contributed by atoms with E-state index in [0.717, 1.165) is 5.56 Å². The summed E-state index contributed by atoms with van der Waals surface area (Å²) in [5.74, 6) is -1.32. The van der Waals surface area contributed by atoms with Crippen molar-refractivity contribution < 1.29 is 14.7 Å². The van der Waals surface area contributed by atoms with Gasteiger partial charge in [0.25, 0.3) is 5.91 Å². The lowest BCUT2D eigenvalue weighted by molar-refractivity contribution is -0.138. The first-order valence-electron chi connectivity index (χ1n) is 6.66. The second-order valence-electron chi connectivity index (χ2n) is 5.17. The van der Waals surface area contributed by atoms with Gasteiger partial charge in [0.15, 0.2) is 0 Å². The number of aromatic nitrogens is 2. The van der Waals surface area contributed by atoms with Gasteiger partial charge in [-0.3, -0.25) is 14.8 Å². The Bertz CT molecular complexity index is 716. The summed E-state index contributed by atoms with van der Waals surface area (Å²) in [7, 11) is 0. The van der Waals surface area contributed by atoms with Gasteiger partial charge < -0.3 is 5.11 Å². The number of carboxylic acids is 1. The average molecular weight is 285 g/mol. The first kappa shape index (κ1) is 13.4. The van der Waals surface area contributed by atoms with Crippen LogP contribution in [0.5, 0.6) is 0 Å². The second-order valence-corrected chi connectivity index (χ2v) is 5.17. The van der Waals surface area contributed by atoms with Crippen LogP contribution in [0.4, 0.5) is 5.69 Å². The quantitative estimate of drug-likeness (QED) is 0.879. The van der Waals surface area contributed by atoms with Crippen molar-refractivity contribution >= 4 is 17.6 Å². The number of aromatic amines is 1. The number of para-hydroxylation sites is 1. The molecule has 2 aromatic rings. The molecule has 1 aliphatic heterocycles. The normalized spacial score (nSPS) is 16.9. The van der Waals surface area contributed by atoms with Gasteiger partial charge in [-0.1, -0.05) is 18.2 Å². The van der Waals surface area contributed by atoms with Crippen molar-refractivity contribution in [2.75, 3.05) is 4.90 Å². The molecule has 1 atom stereocenters. The molecule has 1 aromatic heterocycles. The zero-order valence-corrected chi connectivity index (χ0v) is 11.8. The van der Waals surface area contributed by atoms with E-state index in [-0.39, 0.29) is 5.91 Å². The average Bonchev–Trinajstić information content (AvgIpc) is 2.99. The molecule has 6 heteroatoms. The SMILES string of the molecule is Cc1n[nH]c(C)c1C(=O)N1c2ccccc2CC1C(=O)O. The molecule has 2 heterocycles. The summed E-state index contributed by atoms with van der Waals surface area (Å²) in [6.07, 6.45) is 0.327. The lowest BCUT2D eigenvalue weighted by Gasteiger charge is -2.22. The number of aliphatic carboxylic acids is 1. The standard InChI is InChI=1S/C15H15N3O3/c1-8-13(9(2)17-16-8)14(19)18-11-6-4-3-5-10(11)7-12(18)15(20)21/h3-6,12H,7H2,1-2H3,(H,16,17)(H,20,21). The Kier molecular flexibility index (Phi) is 3.01. The van der Waals surface area contributed by atoms with Crippen LogP contribution in [-0.4, -0.2) is 33.2 Å². The van der Waals surface area contributed by atoms with E-state index in [0.29, 0.717) is 29.1 Å². The molecule has 0 radical (unpaired) electrons. The van der Waals surface area contributed by atoms with Crippen molar-refractivity contribution in [2.45, 2.75) is 26.3 Å². The zero-order valence-electron chi connectivity index (χ0n) is 11.8. The zero-order chi connectivity index (χ0) is 15.1. The number of rotatable bonds is 2. The largest absolute Gasteiger partial charge is 0.480 e. The Morgan fingerprint density at radius 3 is 2.67 bits per heavy atom. The van der Waals surface area contributed by atoms with Gasteiger partial charge in [-0.25, -0.2) is 4.79 Å². The van der Waals surface area contributed by atoms with Crippen LogP contribution in [0.1, 0.15) is 27.3 Å². The molecule has 2 N–H and O–H groups in total. The molecule has 21 heavy (non-hydrogen) atoms. The molecule has 6 nitrogen and oxygen atoms in total. The van der Waals surface area contributed by atoms with Gasteiger partial charge in [0.05, 0.1) is 11.3 Å². The number of carbonyl (C=O) groups excluding carboxylic acids is 1. The van der Waals surface area contributed by atoms with Crippen LogP contribution in [0.25, 0.3) is 0 Å². The minimum atomic E-state index is -1.00. The molecule has 1 aromatic carbocycles. The highest BCUT2D eigenvalue weighted by molar-refractivity contribution is 6.11. The number of hydrogen-bond acceptors (Lipinski definition) is 3. The number of anilines is 1.